The minimum absolute atomic E-state index is 0.0729. The van der Waals surface area contributed by atoms with Crippen LogP contribution in [0, 0.1) is 6.92 Å². The molecular weight excluding hydrogens is 258 g/mol. The van der Waals surface area contributed by atoms with E-state index >= 15 is 0 Å². The van der Waals surface area contributed by atoms with Crippen molar-refractivity contribution in [1.82, 2.24) is 14.5 Å². The highest BCUT2D eigenvalue weighted by atomic mass is 32.1. The van der Waals surface area contributed by atoms with Gasteiger partial charge in [0.15, 0.2) is 0 Å². The van der Waals surface area contributed by atoms with E-state index in [1.807, 2.05) is 37.6 Å². The largest absolute Gasteiger partial charge is 0.328 e. The summed E-state index contributed by atoms with van der Waals surface area (Å²) < 4.78 is 3.51. The van der Waals surface area contributed by atoms with Crippen LogP contribution in [-0.2, 0) is 13.1 Å². The van der Waals surface area contributed by atoms with Crippen LogP contribution in [-0.4, -0.2) is 15.7 Å². The smallest absolute Gasteiger partial charge is 0.310 e. The fourth-order valence-electron chi connectivity index (χ4n) is 1.98. The molecule has 1 N–H and O–H groups in total. The molecule has 0 bridgehead atoms. The summed E-state index contributed by atoms with van der Waals surface area (Å²) in [5.74, 6) is 0. The zero-order valence-corrected chi connectivity index (χ0v) is 12.5. The van der Waals surface area contributed by atoms with Crippen LogP contribution in [0.5, 0.6) is 0 Å². The van der Waals surface area contributed by atoms with Gasteiger partial charge >= 0.3 is 5.69 Å². The van der Waals surface area contributed by atoms with Gasteiger partial charge in [-0.25, -0.2) is 4.79 Å². The summed E-state index contributed by atoms with van der Waals surface area (Å²) in [5.41, 5.74) is 0.0729. The van der Waals surface area contributed by atoms with Gasteiger partial charge in [0, 0.05) is 47.8 Å². The highest BCUT2D eigenvalue weighted by Gasteiger charge is 2.05. The number of aromatic nitrogens is 2. The third-order valence-corrected chi connectivity index (χ3v) is 4.06. The molecule has 0 radical (unpaired) electrons. The van der Waals surface area contributed by atoms with E-state index in [-0.39, 0.29) is 11.7 Å². The third-order valence-electron chi connectivity index (χ3n) is 3.05. The zero-order valence-electron chi connectivity index (χ0n) is 11.7. The van der Waals surface area contributed by atoms with Crippen molar-refractivity contribution < 1.29 is 0 Å². The van der Waals surface area contributed by atoms with Crippen molar-refractivity contribution in [3.8, 4) is 0 Å². The van der Waals surface area contributed by atoms with Crippen molar-refractivity contribution in [1.29, 1.82) is 0 Å². The van der Waals surface area contributed by atoms with Crippen LogP contribution in [0.4, 0.5) is 0 Å². The molecule has 2 aromatic rings. The number of hydrogen-bond donors (Lipinski definition) is 1. The van der Waals surface area contributed by atoms with Crippen molar-refractivity contribution in [2.75, 3.05) is 6.54 Å². The molecule has 2 rings (SSSR count). The first-order chi connectivity index (χ1) is 9.08. The number of imidazole rings is 1. The second kappa shape index (κ2) is 6.21. The van der Waals surface area contributed by atoms with Crippen LogP contribution < -0.4 is 11.0 Å². The molecule has 0 amide bonds. The van der Waals surface area contributed by atoms with E-state index in [0.29, 0.717) is 6.54 Å². The SMILES string of the molecule is Cc1ccc(CNCCn2ccn(C(C)C)c2=O)s1. The van der Waals surface area contributed by atoms with Crippen LogP contribution >= 0.6 is 11.3 Å². The van der Waals surface area contributed by atoms with Crippen LogP contribution in [0.2, 0.25) is 0 Å². The maximum absolute atomic E-state index is 12.0. The Labute approximate surface area is 117 Å². The van der Waals surface area contributed by atoms with E-state index in [4.69, 9.17) is 0 Å². The summed E-state index contributed by atoms with van der Waals surface area (Å²) in [6.07, 6.45) is 3.72. The van der Waals surface area contributed by atoms with Gasteiger partial charge in [-0.3, -0.25) is 9.13 Å². The molecule has 2 heterocycles. The standard InChI is InChI=1S/C14H21N3OS/c1-11(2)17-9-8-16(14(17)18)7-6-15-10-13-5-4-12(3)19-13/h4-5,8-9,11,15H,6-7,10H2,1-3H3. The number of hydrogen-bond acceptors (Lipinski definition) is 3. The van der Waals surface area contributed by atoms with Gasteiger partial charge in [-0.15, -0.1) is 11.3 Å². The Kier molecular flexibility index (Phi) is 4.61. The first-order valence-corrected chi connectivity index (χ1v) is 7.43. The minimum Gasteiger partial charge on any atom is -0.310 e. The van der Waals surface area contributed by atoms with E-state index in [0.717, 1.165) is 13.1 Å². The van der Waals surface area contributed by atoms with Gasteiger partial charge in [-0.05, 0) is 32.9 Å². The third kappa shape index (κ3) is 3.58. The van der Waals surface area contributed by atoms with Crippen molar-refractivity contribution in [3.63, 3.8) is 0 Å². The maximum Gasteiger partial charge on any atom is 0.328 e. The van der Waals surface area contributed by atoms with Gasteiger partial charge in [0.25, 0.3) is 0 Å². The van der Waals surface area contributed by atoms with Crippen LogP contribution in [0.15, 0.2) is 29.3 Å². The summed E-state index contributed by atoms with van der Waals surface area (Å²) in [6.45, 7) is 8.54. The number of nitrogens with one attached hydrogen (secondary N) is 1. The van der Waals surface area contributed by atoms with Crippen LogP contribution in [0.1, 0.15) is 29.6 Å². The quantitative estimate of drug-likeness (QED) is 0.825. The fraction of sp³-hybridized carbons (Fsp3) is 0.500. The number of aryl methyl sites for hydroxylation is 1. The molecule has 0 aliphatic carbocycles. The highest BCUT2D eigenvalue weighted by molar-refractivity contribution is 7.11. The lowest BCUT2D eigenvalue weighted by molar-refractivity contribution is 0.536. The van der Waals surface area contributed by atoms with Crippen molar-refractivity contribution >= 4 is 11.3 Å². The predicted octanol–water partition coefficient (Wildman–Crippen LogP) is 2.39. The molecule has 2 aromatic heterocycles. The molecular formula is C14H21N3OS. The monoisotopic (exact) mass is 279 g/mol. The molecule has 19 heavy (non-hydrogen) atoms. The molecule has 5 heteroatoms. The average Bonchev–Trinajstić information content (AvgIpc) is 2.92. The number of nitrogens with zero attached hydrogens (tertiary/aromatic N) is 2. The Morgan fingerprint density at radius 2 is 2.11 bits per heavy atom. The first kappa shape index (κ1) is 14.1. The second-order valence-corrected chi connectivity index (χ2v) is 6.34. The van der Waals surface area contributed by atoms with Crippen molar-refractivity contribution in [3.05, 3.63) is 44.8 Å². The summed E-state index contributed by atoms with van der Waals surface area (Å²) in [7, 11) is 0. The molecule has 0 atom stereocenters. The maximum atomic E-state index is 12.0. The molecule has 0 unspecified atom stereocenters. The number of rotatable bonds is 6. The van der Waals surface area contributed by atoms with Gasteiger partial charge in [0.1, 0.15) is 0 Å². The van der Waals surface area contributed by atoms with Crippen LogP contribution in [0.25, 0.3) is 0 Å². The van der Waals surface area contributed by atoms with E-state index in [2.05, 4.69) is 24.4 Å². The van der Waals surface area contributed by atoms with Gasteiger partial charge in [0.2, 0.25) is 0 Å². The molecule has 4 nitrogen and oxygen atoms in total. The molecule has 0 fully saturated rings. The van der Waals surface area contributed by atoms with Gasteiger partial charge in [-0.1, -0.05) is 0 Å². The Morgan fingerprint density at radius 3 is 2.68 bits per heavy atom. The van der Waals surface area contributed by atoms with E-state index in [1.165, 1.54) is 9.75 Å². The van der Waals surface area contributed by atoms with Gasteiger partial charge in [0.05, 0.1) is 0 Å². The molecule has 0 aliphatic heterocycles. The Bertz CT molecular complexity index is 580. The average molecular weight is 279 g/mol. The summed E-state index contributed by atoms with van der Waals surface area (Å²) in [4.78, 5) is 14.7. The van der Waals surface area contributed by atoms with Crippen LogP contribution in [0.3, 0.4) is 0 Å². The topological polar surface area (TPSA) is 39.0 Å². The molecule has 0 aliphatic rings. The molecule has 0 saturated heterocycles. The van der Waals surface area contributed by atoms with Gasteiger partial charge in [-0.2, -0.15) is 0 Å². The van der Waals surface area contributed by atoms with Crippen molar-refractivity contribution in [2.45, 2.75) is 39.9 Å². The van der Waals surface area contributed by atoms with E-state index < -0.39 is 0 Å². The fourth-order valence-corrected chi connectivity index (χ4v) is 2.84. The molecule has 104 valence electrons. The van der Waals surface area contributed by atoms with E-state index in [9.17, 15) is 4.79 Å². The molecule has 0 saturated carbocycles. The summed E-state index contributed by atoms with van der Waals surface area (Å²) in [6, 6.07) is 4.50. The Balaban J connectivity index is 1.81. The lowest BCUT2D eigenvalue weighted by Crippen LogP contribution is -2.29. The first-order valence-electron chi connectivity index (χ1n) is 6.61. The lowest BCUT2D eigenvalue weighted by Gasteiger charge is -2.05. The Hall–Kier alpha value is -1.33. The minimum atomic E-state index is 0.0729. The predicted molar refractivity (Wildman–Crippen MR) is 79.8 cm³/mol. The Morgan fingerprint density at radius 1 is 1.32 bits per heavy atom. The molecule has 0 aromatic carbocycles. The van der Waals surface area contributed by atoms with E-state index in [1.54, 1.807) is 9.13 Å². The highest BCUT2D eigenvalue weighted by Crippen LogP contribution is 2.14. The second-order valence-electron chi connectivity index (χ2n) is 4.96. The molecule has 0 spiro atoms. The zero-order chi connectivity index (χ0) is 13.8. The normalized spacial score (nSPS) is 11.4. The van der Waals surface area contributed by atoms with Crippen molar-refractivity contribution in [2.24, 2.45) is 0 Å². The number of thiophene rings is 1. The summed E-state index contributed by atoms with van der Waals surface area (Å²) >= 11 is 1.81. The lowest BCUT2D eigenvalue weighted by atomic mass is 10.4. The summed E-state index contributed by atoms with van der Waals surface area (Å²) in [5, 5.41) is 3.37. The van der Waals surface area contributed by atoms with Gasteiger partial charge < -0.3 is 5.32 Å².